The van der Waals surface area contributed by atoms with E-state index in [4.69, 9.17) is 11.1 Å². The Labute approximate surface area is 117 Å². The van der Waals surface area contributed by atoms with Gasteiger partial charge in [0.1, 0.15) is 0 Å². The summed E-state index contributed by atoms with van der Waals surface area (Å²) in [6.45, 7) is 5.16. The normalized spacial score (nSPS) is 18.7. The lowest BCUT2D eigenvalue weighted by Gasteiger charge is -2.14. The van der Waals surface area contributed by atoms with E-state index in [9.17, 15) is 0 Å². The van der Waals surface area contributed by atoms with Crippen molar-refractivity contribution >= 4 is 34.8 Å². The summed E-state index contributed by atoms with van der Waals surface area (Å²) in [7, 11) is 0. The highest BCUT2D eigenvalue weighted by molar-refractivity contribution is 8.01. The Morgan fingerprint density at radius 2 is 2.22 bits per heavy atom. The molecule has 0 bridgehead atoms. The van der Waals surface area contributed by atoms with Crippen LogP contribution in [0.3, 0.4) is 0 Å². The minimum absolute atomic E-state index is 0.385. The van der Waals surface area contributed by atoms with E-state index in [1.807, 2.05) is 22.4 Å². The first-order valence-corrected chi connectivity index (χ1v) is 8.24. The number of nitrogens with zero attached hydrogens (tertiary/aromatic N) is 1. The molecule has 98 valence electrons. The number of hydrogen-bond donors (Lipinski definition) is 2. The van der Waals surface area contributed by atoms with Crippen molar-refractivity contribution in [3.05, 3.63) is 17.0 Å². The summed E-state index contributed by atoms with van der Waals surface area (Å²) >= 11 is 3.56. The van der Waals surface area contributed by atoms with Crippen LogP contribution in [0.25, 0.3) is 0 Å². The average molecular weight is 282 g/mol. The van der Waals surface area contributed by atoms with Gasteiger partial charge in [-0.05, 0) is 24.3 Å². The second kappa shape index (κ2) is 5.89. The van der Waals surface area contributed by atoms with E-state index in [0.717, 1.165) is 36.5 Å². The molecule has 1 aromatic heterocycles. The molecule has 18 heavy (non-hydrogen) atoms. The molecule has 0 amide bonds. The topological polar surface area (TPSA) is 52.9 Å². The number of thiophene rings is 1. The average Bonchev–Trinajstić information content (AvgIpc) is 2.78. The molecule has 2 heterocycles. The molecule has 0 saturated carbocycles. The van der Waals surface area contributed by atoms with Crippen molar-refractivity contribution in [2.24, 2.45) is 11.7 Å². The number of rotatable bonds is 3. The van der Waals surface area contributed by atoms with Crippen molar-refractivity contribution in [1.29, 1.82) is 5.41 Å². The van der Waals surface area contributed by atoms with Crippen LogP contribution in [0.2, 0.25) is 0 Å². The molecule has 5 heteroatoms. The molecule has 1 aromatic rings. The van der Waals surface area contributed by atoms with E-state index in [1.165, 1.54) is 4.21 Å². The molecule has 0 aromatic carbocycles. The predicted molar refractivity (Wildman–Crippen MR) is 80.3 cm³/mol. The first kappa shape index (κ1) is 13.6. The van der Waals surface area contributed by atoms with Crippen molar-refractivity contribution in [3.8, 4) is 0 Å². The number of thioether (sulfide) groups is 1. The van der Waals surface area contributed by atoms with Crippen LogP contribution in [0.5, 0.6) is 0 Å². The van der Waals surface area contributed by atoms with Gasteiger partial charge < -0.3 is 5.73 Å². The number of hydrogen-bond acceptors (Lipinski definition) is 3. The molecule has 3 nitrogen and oxygen atoms in total. The zero-order chi connectivity index (χ0) is 13.1. The fourth-order valence-corrected chi connectivity index (χ4v) is 4.34. The van der Waals surface area contributed by atoms with Gasteiger partial charge in [-0.1, -0.05) is 13.8 Å². The van der Waals surface area contributed by atoms with Crippen LogP contribution in [0.1, 0.15) is 32.3 Å². The largest absolute Gasteiger partial charge is 0.322 e. The quantitative estimate of drug-likeness (QED) is 0.661. The summed E-state index contributed by atoms with van der Waals surface area (Å²) in [5.74, 6) is 2.82. The molecule has 0 unspecified atom stereocenters. The molecule has 1 aliphatic heterocycles. The molecule has 1 aliphatic rings. The molecular formula is C13H20N3S2+. The molecule has 3 N–H and O–H groups in total. The van der Waals surface area contributed by atoms with Crippen molar-refractivity contribution in [2.45, 2.75) is 30.9 Å². The van der Waals surface area contributed by atoms with E-state index in [1.54, 1.807) is 11.3 Å². The maximum atomic E-state index is 8.38. The van der Waals surface area contributed by atoms with Gasteiger partial charge in [0.15, 0.2) is 5.84 Å². The van der Waals surface area contributed by atoms with Gasteiger partial charge in [-0.2, -0.15) is 5.41 Å². The Morgan fingerprint density at radius 3 is 2.89 bits per heavy atom. The van der Waals surface area contributed by atoms with E-state index in [-0.39, 0.29) is 0 Å². The van der Waals surface area contributed by atoms with E-state index < -0.39 is 0 Å². The van der Waals surface area contributed by atoms with E-state index in [0.29, 0.717) is 11.8 Å². The van der Waals surface area contributed by atoms with Crippen LogP contribution in [0, 0.1) is 11.3 Å². The minimum atomic E-state index is 0.385. The van der Waals surface area contributed by atoms with Gasteiger partial charge in [0.2, 0.25) is 0 Å². The number of amidine groups is 2. The van der Waals surface area contributed by atoms with Crippen LogP contribution in [0.4, 0.5) is 0 Å². The smallest absolute Gasteiger partial charge is 0.263 e. The lowest BCUT2D eigenvalue weighted by molar-refractivity contribution is -0.406. The Morgan fingerprint density at radius 1 is 1.50 bits per heavy atom. The maximum Gasteiger partial charge on any atom is 0.263 e. The van der Waals surface area contributed by atoms with E-state index in [2.05, 4.69) is 19.2 Å². The Balaban J connectivity index is 2.40. The zero-order valence-corrected chi connectivity index (χ0v) is 12.5. The molecule has 0 atom stereocenters. The first-order chi connectivity index (χ1) is 8.69. The molecule has 2 rings (SSSR count). The highest BCUT2D eigenvalue weighted by atomic mass is 32.2. The Kier molecular flexibility index (Phi) is 4.45. The van der Waals surface area contributed by atoms with Gasteiger partial charge in [0, 0.05) is 11.7 Å². The molecular weight excluding hydrogens is 262 g/mol. The number of nitrogens with one attached hydrogen (secondary N) is 1. The third-order valence-electron chi connectivity index (χ3n) is 3.42. The summed E-state index contributed by atoms with van der Waals surface area (Å²) < 4.78 is 3.25. The lowest BCUT2D eigenvalue weighted by atomic mass is 10.0. The number of fused-ring (bicyclic) bond motifs is 1. The molecule has 0 fully saturated rings. The summed E-state index contributed by atoms with van der Waals surface area (Å²) in [6.07, 6.45) is 2.07. The highest BCUT2D eigenvalue weighted by Gasteiger charge is 2.26. The van der Waals surface area contributed by atoms with Crippen LogP contribution >= 0.6 is 23.1 Å². The SMILES string of the molecule is CCC(CC)C(N)=[N+]1CCSc2sccc2C1=N. The number of nitrogens with two attached hydrogens (primary N) is 1. The van der Waals surface area contributed by atoms with Gasteiger partial charge in [0.05, 0.1) is 16.3 Å². The molecule has 0 spiro atoms. The predicted octanol–water partition coefficient (Wildman–Crippen LogP) is 2.99. The monoisotopic (exact) mass is 282 g/mol. The first-order valence-electron chi connectivity index (χ1n) is 6.38. The third-order valence-corrected chi connectivity index (χ3v) is 5.64. The maximum absolute atomic E-state index is 8.38. The fraction of sp³-hybridized carbons (Fsp3) is 0.538. The van der Waals surface area contributed by atoms with E-state index >= 15 is 0 Å². The summed E-state index contributed by atoms with van der Waals surface area (Å²) in [4.78, 5) is 0. The zero-order valence-electron chi connectivity index (χ0n) is 10.9. The van der Waals surface area contributed by atoms with Crippen LogP contribution in [0.15, 0.2) is 15.7 Å². The van der Waals surface area contributed by atoms with Gasteiger partial charge >= 0.3 is 0 Å². The van der Waals surface area contributed by atoms with Crippen molar-refractivity contribution in [1.82, 2.24) is 0 Å². The highest BCUT2D eigenvalue weighted by Crippen LogP contribution is 2.31. The standard InChI is InChI=1S/C13H19N3S2/c1-3-9(4-2)11(14)16-6-8-18-13-10(12(16)15)5-7-17-13/h5,7,9,14-15H,3-4,6,8H2,1-2H3/p+1. The van der Waals surface area contributed by atoms with Gasteiger partial charge in [-0.25, -0.2) is 4.58 Å². The lowest BCUT2D eigenvalue weighted by Crippen LogP contribution is -2.38. The molecule has 0 radical (unpaired) electrons. The second-order valence-electron chi connectivity index (χ2n) is 4.41. The van der Waals surface area contributed by atoms with Crippen molar-refractivity contribution in [2.75, 3.05) is 12.3 Å². The third kappa shape index (κ3) is 2.47. The fourth-order valence-electron chi connectivity index (χ4n) is 2.26. The summed E-state index contributed by atoms with van der Waals surface area (Å²) in [5.41, 5.74) is 7.33. The van der Waals surface area contributed by atoms with Gasteiger partial charge in [-0.3, -0.25) is 0 Å². The Bertz CT molecular complexity index is 472. The van der Waals surface area contributed by atoms with Crippen LogP contribution < -0.4 is 5.73 Å². The van der Waals surface area contributed by atoms with Crippen molar-refractivity contribution in [3.63, 3.8) is 0 Å². The Hall–Kier alpha value is -0.810. The molecule has 0 saturated heterocycles. The van der Waals surface area contributed by atoms with Crippen LogP contribution in [-0.2, 0) is 0 Å². The summed E-state index contributed by atoms with van der Waals surface area (Å²) in [6, 6.07) is 2.04. The molecule has 0 aliphatic carbocycles. The minimum Gasteiger partial charge on any atom is -0.322 e. The second-order valence-corrected chi connectivity index (χ2v) is 6.69. The van der Waals surface area contributed by atoms with Gasteiger partial charge in [0.25, 0.3) is 5.84 Å². The van der Waals surface area contributed by atoms with Gasteiger partial charge in [-0.15, -0.1) is 23.1 Å². The summed E-state index contributed by atoms with van der Waals surface area (Å²) in [5, 5.41) is 10.4. The van der Waals surface area contributed by atoms with Crippen molar-refractivity contribution < 1.29 is 4.58 Å². The van der Waals surface area contributed by atoms with Crippen LogP contribution in [-0.4, -0.2) is 28.5 Å².